The Balaban J connectivity index is 1.78. The molecule has 0 amide bonds. The molecule has 0 spiro atoms. The lowest BCUT2D eigenvalue weighted by molar-refractivity contribution is 0.516. The highest BCUT2D eigenvalue weighted by Crippen LogP contribution is 2.36. The molecule has 1 fully saturated rings. The second-order valence-electron chi connectivity index (χ2n) is 5.52. The molecule has 0 saturated heterocycles. The average molecular weight is 261 g/mol. The van der Waals surface area contributed by atoms with E-state index in [-0.39, 0.29) is 0 Å². The molecule has 1 N–H and O–H groups in total. The number of hydrogen-bond acceptors (Lipinski definition) is 2. The molecule has 2 heteroatoms. The molecular formula is C16H23NS. The van der Waals surface area contributed by atoms with Crippen LogP contribution in [0.3, 0.4) is 0 Å². The maximum Gasteiger partial charge on any atom is 0.0110 e. The van der Waals surface area contributed by atoms with E-state index in [4.69, 9.17) is 0 Å². The van der Waals surface area contributed by atoms with Gasteiger partial charge in [0.1, 0.15) is 0 Å². The summed E-state index contributed by atoms with van der Waals surface area (Å²) in [6.45, 7) is 2.29. The monoisotopic (exact) mass is 261 g/mol. The van der Waals surface area contributed by atoms with E-state index < -0.39 is 0 Å². The quantitative estimate of drug-likeness (QED) is 0.869. The highest BCUT2D eigenvalue weighted by molar-refractivity contribution is 8.00. The van der Waals surface area contributed by atoms with Gasteiger partial charge in [0.05, 0.1) is 0 Å². The van der Waals surface area contributed by atoms with Crippen molar-refractivity contribution in [3.8, 4) is 0 Å². The van der Waals surface area contributed by atoms with Crippen LogP contribution < -0.4 is 5.32 Å². The van der Waals surface area contributed by atoms with Gasteiger partial charge in [-0.2, -0.15) is 0 Å². The van der Waals surface area contributed by atoms with Crippen molar-refractivity contribution in [2.75, 3.05) is 13.1 Å². The largest absolute Gasteiger partial charge is 0.316 e. The molecular weight excluding hydrogens is 238 g/mol. The van der Waals surface area contributed by atoms with E-state index in [0.29, 0.717) is 0 Å². The molecule has 1 heterocycles. The summed E-state index contributed by atoms with van der Waals surface area (Å²) in [6.07, 6.45) is 9.59. The zero-order valence-corrected chi connectivity index (χ0v) is 11.9. The fourth-order valence-corrected chi connectivity index (χ4v) is 4.62. The SMILES string of the molecule is c1cc2c(c(SC3CCCCC3)c1)CCNCC2. The van der Waals surface area contributed by atoms with Gasteiger partial charge in [-0.25, -0.2) is 0 Å². The summed E-state index contributed by atoms with van der Waals surface area (Å²) < 4.78 is 0. The van der Waals surface area contributed by atoms with Crippen molar-refractivity contribution < 1.29 is 0 Å². The van der Waals surface area contributed by atoms with E-state index in [1.807, 2.05) is 0 Å². The molecule has 0 atom stereocenters. The molecule has 1 aromatic rings. The van der Waals surface area contributed by atoms with Crippen molar-refractivity contribution in [1.29, 1.82) is 0 Å². The predicted octanol–water partition coefficient (Wildman–Crippen LogP) is 3.80. The Hall–Kier alpha value is -0.470. The van der Waals surface area contributed by atoms with Gasteiger partial charge in [0.15, 0.2) is 0 Å². The molecule has 1 nitrogen and oxygen atoms in total. The lowest BCUT2D eigenvalue weighted by atomic mass is 10.0. The molecule has 98 valence electrons. The van der Waals surface area contributed by atoms with Crippen molar-refractivity contribution in [2.24, 2.45) is 0 Å². The van der Waals surface area contributed by atoms with E-state index in [1.165, 1.54) is 44.9 Å². The van der Waals surface area contributed by atoms with Crippen LogP contribution in [0, 0.1) is 0 Å². The summed E-state index contributed by atoms with van der Waals surface area (Å²) in [6, 6.07) is 6.94. The third-order valence-corrected chi connectivity index (χ3v) is 5.64. The minimum atomic E-state index is 0.876. The van der Waals surface area contributed by atoms with Gasteiger partial charge in [-0.15, -0.1) is 11.8 Å². The average Bonchev–Trinajstić information content (AvgIpc) is 2.66. The third kappa shape index (κ3) is 2.92. The zero-order valence-electron chi connectivity index (χ0n) is 11.1. The van der Waals surface area contributed by atoms with Crippen LogP contribution in [0.4, 0.5) is 0 Å². The first kappa shape index (κ1) is 12.6. The summed E-state index contributed by atoms with van der Waals surface area (Å²) >= 11 is 2.16. The Morgan fingerprint density at radius 3 is 2.72 bits per heavy atom. The lowest BCUT2D eigenvalue weighted by Gasteiger charge is -2.22. The molecule has 1 aliphatic carbocycles. The van der Waals surface area contributed by atoms with Gasteiger partial charge < -0.3 is 5.32 Å². The van der Waals surface area contributed by atoms with Crippen molar-refractivity contribution >= 4 is 11.8 Å². The van der Waals surface area contributed by atoms with Crippen LogP contribution in [0.25, 0.3) is 0 Å². The minimum Gasteiger partial charge on any atom is -0.316 e. The zero-order chi connectivity index (χ0) is 12.2. The van der Waals surface area contributed by atoms with Crippen molar-refractivity contribution in [3.05, 3.63) is 29.3 Å². The maximum absolute atomic E-state index is 3.52. The summed E-state index contributed by atoms with van der Waals surface area (Å²) in [5, 5.41) is 4.39. The van der Waals surface area contributed by atoms with Gasteiger partial charge in [-0.3, -0.25) is 0 Å². The van der Waals surface area contributed by atoms with Gasteiger partial charge in [-0.05, 0) is 56.0 Å². The van der Waals surface area contributed by atoms with Gasteiger partial charge in [0.25, 0.3) is 0 Å². The fraction of sp³-hybridized carbons (Fsp3) is 0.625. The normalized spacial score (nSPS) is 21.3. The molecule has 0 bridgehead atoms. The van der Waals surface area contributed by atoms with E-state index in [9.17, 15) is 0 Å². The summed E-state index contributed by atoms with van der Waals surface area (Å²) in [7, 11) is 0. The predicted molar refractivity (Wildman–Crippen MR) is 79.4 cm³/mol. The van der Waals surface area contributed by atoms with E-state index in [1.54, 1.807) is 16.0 Å². The highest BCUT2D eigenvalue weighted by atomic mass is 32.2. The lowest BCUT2D eigenvalue weighted by Crippen LogP contribution is -2.16. The van der Waals surface area contributed by atoms with E-state index in [0.717, 1.165) is 18.3 Å². The maximum atomic E-state index is 3.52. The summed E-state index contributed by atoms with van der Waals surface area (Å²) in [5.74, 6) is 0. The molecule has 0 radical (unpaired) electrons. The van der Waals surface area contributed by atoms with Crippen LogP contribution in [0.1, 0.15) is 43.2 Å². The molecule has 1 saturated carbocycles. The van der Waals surface area contributed by atoms with Crippen LogP contribution in [0.5, 0.6) is 0 Å². The van der Waals surface area contributed by atoms with Crippen molar-refractivity contribution in [3.63, 3.8) is 0 Å². The fourth-order valence-electron chi connectivity index (χ4n) is 3.16. The Bertz CT molecular complexity index is 396. The number of fused-ring (bicyclic) bond motifs is 1. The molecule has 0 aromatic heterocycles. The second-order valence-corrected chi connectivity index (χ2v) is 6.86. The number of thioether (sulfide) groups is 1. The van der Waals surface area contributed by atoms with Gasteiger partial charge in [-0.1, -0.05) is 31.4 Å². The van der Waals surface area contributed by atoms with Crippen LogP contribution in [0.2, 0.25) is 0 Å². The van der Waals surface area contributed by atoms with Crippen molar-refractivity contribution in [1.82, 2.24) is 5.32 Å². The van der Waals surface area contributed by atoms with Gasteiger partial charge in [0, 0.05) is 10.1 Å². The third-order valence-electron chi connectivity index (χ3n) is 4.20. The molecule has 2 aliphatic rings. The van der Waals surface area contributed by atoms with E-state index in [2.05, 4.69) is 35.3 Å². The van der Waals surface area contributed by atoms with Crippen LogP contribution in [-0.4, -0.2) is 18.3 Å². The molecule has 1 aromatic carbocycles. The number of nitrogens with one attached hydrogen (secondary N) is 1. The number of benzene rings is 1. The van der Waals surface area contributed by atoms with Gasteiger partial charge in [0.2, 0.25) is 0 Å². The molecule has 0 unspecified atom stereocenters. The molecule has 1 aliphatic heterocycles. The van der Waals surface area contributed by atoms with Crippen LogP contribution >= 0.6 is 11.8 Å². The molecule has 18 heavy (non-hydrogen) atoms. The van der Waals surface area contributed by atoms with Crippen LogP contribution in [-0.2, 0) is 12.8 Å². The first-order chi connectivity index (χ1) is 8.93. The smallest absolute Gasteiger partial charge is 0.0110 e. The Morgan fingerprint density at radius 2 is 1.83 bits per heavy atom. The molecule has 3 rings (SSSR count). The Morgan fingerprint density at radius 1 is 1.00 bits per heavy atom. The number of rotatable bonds is 2. The standard InChI is InChI=1S/C16H23NS/c1-2-6-14(7-3-1)18-16-8-4-5-13-9-11-17-12-10-15(13)16/h4-5,8,14,17H,1-3,6-7,9-12H2. The topological polar surface area (TPSA) is 12.0 Å². The summed E-state index contributed by atoms with van der Waals surface area (Å²) in [4.78, 5) is 1.57. The van der Waals surface area contributed by atoms with E-state index >= 15 is 0 Å². The van der Waals surface area contributed by atoms with Gasteiger partial charge >= 0.3 is 0 Å². The van der Waals surface area contributed by atoms with Crippen molar-refractivity contribution in [2.45, 2.75) is 55.1 Å². The first-order valence-electron chi connectivity index (χ1n) is 7.41. The Labute approximate surface area is 115 Å². The summed E-state index contributed by atoms with van der Waals surface area (Å²) in [5.41, 5.74) is 3.22. The minimum absolute atomic E-state index is 0.876. The Kier molecular flexibility index (Phi) is 4.27. The second kappa shape index (κ2) is 6.12. The first-order valence-corrected chi connectivity index (χ1v) is 8.29. The number of hydrogen-bond donors (Lipinski definition) is 1. The highest BCUT2D eigenvalue weighted by Gasteiger charge is 2.18. The van der Waals surface area contributed by atoms with Crippen LogP contribution in [0.15, 0.2) is 23.1 Å².